The van der Waals surface area contributed by atoms with Crippen molar-refractivity contribution in [1.82, 2.24) is 14.5 Å². The van der Waals surface area contributed by atoms with Gasteiger partial charge in [-0.1, -0.05) is 36.4 Å². The minimum Gasteiger partial charge on any atom is -0.394 e. The van der Waals surface area contributed by atoms with Crippen molar-refractivity contribution in [2.24, 2.45) is 5.90 Å². The second-order valence-electron chi connectivity index (χ2n) is 7.96. The summed E-state index contributed by atoms with van der Waals surface area (Å²) in [6.07, 6.45) is 0.549. The fourth-order valence-electron chi connectivity index (χ4n) is 4.47. The van der Waals surface area contributed by atoms with Gasteiger partial charge in [-0.25, -0.2) is 15.9 Å². The molecule has 0 radical (unpaired) electrons. The van der Waals surface area contributed by atoms with E-state index in [1.165, 1.54) is 6.33 Å². The number of ether oxygens (including phenoxy) is 1. The molecule has 0 saturated carbocycles. The third kappa shape index (κ3) is 2.98. The first kappa shape index (κ1) is 19.9. The zero-order valence-corrected chi connectivity index (χ0v) is 16.8. The molecule has 9 nitrogen and oxygen atoms in total. The number of anilines is 1. The van der Waals surface area contributed by atoms with Crippen molar-refractivity contribution in [3.05, 3.63) is 55.0 Å². The lowest BCUT2D eigenvalue weighted by molar-refractivity contribution is -0.110. The number of nitrogens with two attached hydrogens (primary N) is 2. The first-order valence-electron chi connectivity index (χ1n) is 9.90. The van der Waals surface area contributed by atoms with Crippen LogP contribution in [0.1, 0.15) is 13.2 Å². The highest BCUT2D eigenvalue weighted by molar-refractivity contribution is 6.02. The van der Waals surface area contributed by atoms with Crippen LogP contribution in [0.4, 0.5) is 5.82 Å². The number of nitrogens with zero attached hydrogens (tertiary/aromatic N) is 3. The molecule has 3 heterocycles. The molecule has 4 atom stereocenters. The van der Waals surface area contributed by atoms with Crippen molar-refractivity contribution in [2.75, 3.05) is 12.3 Å². The van der Waals surface area contributed by atoms with Crippen LogP contribution in [0.25, 0.3) is 32.9 Å². The predicted octanol–water partition coefficient (Wildman–Crippen LogP) is 1.73. The maximum atomic E-state index is 11.2. The maximum Gasteiger partial charge on any atom is 0.167 e. The Morgan fingerprint density at radius 1 is 1.19 bits per heavy atom. The van der Waals surface area contributed by atoms with Crippen LogP contribution in [0.3, 0.4) is 0 Å². The summed E-state index contributed by atoms with van der Waals surface area (Å²) in [5.41, 5.74) is 6.93. The van der Waals surface area contributed by atoms with Crippen molar-refractivity contribution in [1.29, 1.82) is 0 Å². The smallest absolute Gasteiger partial charge is 0.167 e. The summed E-state index contributed by atoms with van der Waals surface area (Å²) in [5, 5.41) is 23.7. The lowest BCUT2D eigenvalue weighted by Gasteiger charge is -2.29. The second kappa shape index (κ2) is 7.26. The molecule has 2 aromatic heterocycles. The molecule has 6 N–H and O–H groups in total. The maximum absolute atomic E-state index is 11.2. The SMILES string of the molecule is C[C@@]1(O)C(ON)[C@@H](CO)O[C@H]1n1cc(-c2ccc3ccccc3c2)c2c(N)ncnc21. The minimum atomic E-state index is -1.53. The molecule has 1 aliphatic rings. The molecule has 1 fully saturated rings. The van der Waals surface area contributed by atoms with E-state index in [2.05, 4.69) is 16.0 Å². The molecule has 2 aromatic carbocycles. The molecule has 1 saturated heterocycles. The van der Waals surface area contributed by atoms with Crippen molar-refractivity contribution in [3.8, 4) is 11.1 Å². The highest BCUT2D eigenvalue weighted by atomic mass is 16.7. The summed E-state index contributed by atoms with van der Waals surface area (Å²) in [6.45, 7) is 1.19. The quantitative estimate of drug-likeness (QED) is 0.365. The molecule has 31 heavy (non-hydrogen) atoms. The van der Waals surface area contributed by atoms with Crippen LogP contribution in [0.15, 0.2) is 55.0 Å². The molecule has 0 spiro atoms. The molecule has 0 amide bonds. The topological polar surface area (TPSA) is 142 Å². The number of rotatable bonds is 4. The van der Waals surface area contributed by atoms with E-state index >= 15 is 0 Å². The van der Waals surface area contributed by atoms with Gasteiger partial charge >= 0.3 is 0 Å². The van der Waals surface area contributed by atoms with Crippen LogP contribution in [-0.2, 0) is 9.57 Å². The number of aromatic nitrogens is 3. The van der Waals surface area contributed by atoms with Crippen molar-refractivity contribution >= 4 is 27.6 Å². The summed E-state index contributed by atoms with van der Waals surface area (Å²) in [6, 6.07) is 14.2. The molecule has 0 bridgehead atoms. The zero-order valence-electron chi connectivity index (χ0n) is 16.8. The van der Waals surface area contributed by atoms with E-state index in [9.17, 15) is 10.2 Å². The monoisotopic (exact) mass is 421 g/mol. The van der Waals surface area contributed by atoms with E-state index in [1.807, 2.05) is 42.6 Å². The minimum absolute atomic E-state index is 0.315. The predicted molar refractivity (Wildman–Crippen MR) is 116 cm³/mol. The fourth-order valence-corrected chi connectivity index (χ4v) is 4.47. The summed E-state index contributed by atoms with van der Waals surface area (Å²) >= 11 is 0. The lowest BCUT2D eigenvalue weighted by atomic mass is 9.96. The van der Waals surface area contributed by atoms with Gasteiger partial charge in [0.15, 0.2) is 6.23 Å². The van der Waals surface area contributed by atoms with Crippen molar-refractivity contribution < 1.29 is 19.8 Å². The Labute approximate surface area is 177 Å². The van der Waals surface area contributed by atoms with Crippen LogP contribution in [0.2, 0.25) is 0 Å². The number of aliphatic hydroxyl groups is 2. The average Bonchev–Trinajstić information content (AvgIpc) is 3.28. The third-order valence-corrected chi connectivity index (χ3v) is 6.00. The molecule has 9 heteroatoms. The highest BCUT2D eigenvalue weighted by Crippen LogP contribution is 2.43. The third-order valence-electron chi connectivity index (χ3n) is 6.00. The van der Waals surface area contributed by atoms with Gasteiger partial charge in [0.05, 0.1) is 12.0 Å². The Morgan fingerprint density at radius 3 is 2.68 bits per heavy atom. The molecular formula is C22H23N5O4. The number of hydrogen-bond donors (Lipinski definition) is 4. The Kier molecular flexibility index (Phi) is 4.65. The number of benzene rings is 2. The molecule has 4 aromatic rings. The van der Waals surface area contributed by atoms with Gasteiger partial charge in [0.2, 0.25) is 0 Å². The van der Waals surface area contributed by atoms with E-state index in [-0.39, 0.29) is 6.61 Å². The summed E-state index contributed by atoms with van der Waals surface area (Å²) in [4.78, 5) is 13.5. The summed E-state index contributed by atoms with van der Waals surface area (Å²) in [7, 11) is 0. The molecule has 160 valence electrons. The number of hydrogen-bond acceptors (Lipinski definition) is 8. The van der Waals surface area contributed by atoms with E-state index in [1.54, 1.807) is 11.5 Å². The first-order valence-corrected chi connectivity index (χ1v) is 9.90. The van der Waals surface area contributed by atoms with E-state index in [0.29, 0.717) is 16.9 Å². The van der Waals surface area contributed by atoms with E-state index in [0.717, 1.165) is 21.9 Å². The molecule has 1 aliphatic heterocycles. The normalized spacial score (nSPS) is 26.1. The molecule has 0 aliphatic carbocycles. The Morgan fingerprint density at radius 2 is 1.97 bits per heavy atom. The van der Waals surface area contributed by atoms with Crippen molar-refractivity contribution in [2.45, 2.75) is 31.0 Å². The van der Waals surface area contributed by atoms with Crippen LogP contribution in [-0.4, -0.2) is 49.2 Å². The standard InChI is InChI=1S/C22H23N5O4/c1-22(29)18(31-24)16(10-28)30-21(22)27-9-15(17-19(23)25-11-26-20(17)27)14-7-6-12-4-2-3-5-13(12)8-14/h2-9,11,16,18,21,28-29H,10,24H2,1H3,(H2,23,25,26)/t16-,18?,21-,22-/m1/s1. The molecule has 5 rings (SSSR count). The van der Waals surface area contributed by atoms with Gasteiger partial charge in [0, 0.05) is 11.8 Å². The Balaban J connectivity index is 1.72. The zero-order chi connectivity index (χ0) is 21.8. The average molecular weight is 421 g/mol. The molecule has 1 unspecified atom stereocenters. The Bertz CT molecular complexity index is 1270. The van der Waals surface area contributed by atoms with Crippen LogP contribution >= 0.6 is 0 Å². The summed E-state index contributed by atoms with van der Waals surface area (Å²) in [5.74, 6) is 5.71. The van der Waals surface area contributed by atoms with Crippen LogP contribution < -0.4 is 11.6 Å². The van der Waals surface area contributed by atoms with Gasteiger partial charge in [-0.2, -0.15) is 0 Å². The largest absolute Gasteiger partial charge is 0.394 e. The van der Waals surface area contributed by atoms with Gasteiger partial charge in [0.1, 0.15) is 35.6 Å². The Hall–Kier alpha value is -3.08. The van der Waals surface area contributed by atoms with Crippen LogP contribution in [0, 0.1) is 0 Å². The second-order valence-corrected chi connectivity index (χ2v) is 7.96. The van der Waals surface area contributed by atoms with E-state index in [4.69, 9.17) is 21.2 Å². The van der Waals surface area contributed by atoms with E-state index < -0.39 is 24.0 Å². The highest BCUT2D eigenvalue weighted by Gasteiger charge is 2.55. The van der Waals surface area contributed by atoms with Gasteiger partial charge in [-0.3, -0.25) is 4.84 Å². The van der Waals surface area contributed by atoms with Crippen molar-refractivity contribution in [3.63, 3.8) is 0 Å². The number of aliphatic hydroxyl groups excluding tert-OH is 1. The van der Waals surface area contributed by atoms with Crippen LogP contribution in [0.5, 0.6) is 0 Å². The van der Waals surface area contributed by atoms with Gasteiger partial charge in [-0.05, 0) is 29.3 Å². The number of nitrogen functional groups attached to an aromatic ring is 1. The fraction of sp³-hybridized carbons (Fsp3) is 0.273. The van der Waals surface area contributed by atoms with Gasteiger partial charge in [0.25, 0.3) is 0 Å². The first-order chi connectivity index (χ1) is 15.0. The lowest BCUT2D eigenvalue weighted by Crippen LogP contribution is -2.47. The number of fused-ring (bicyclic) bond motifs is 2. The van der Waals surface area contributed by atoms with Gasteiger partial charge < -0.3 is 25.3 Å². The molecular weight excluding hydrogens is 398 g/mol. The van der Waals surface area contributed by atoms with Gasteiger partial charge in [-0.15, -0.1) is 0 Å². The summed E-state index contributed by atoms with van der Waals surface area (Å²) < 4.78 is 7.63.